The van der Waals surface area contributed by atoms with E-state index in [1.165, 1.54) is 11.3 Å². The molecule has 0 saturated heterocycles. The molecule has 2 rings (SSSR count). The third-order valence-corrected chi connectivity index (χ3v) is 4.42. The van der Waals surface area contributed by atoms with E-state index >= 15 is 0 Å². The van der Waals surface area contributed by atoms with Crippen LogP contribution in [0.5, 0.6) is 5.75 Å². The lowest BCUT2D eigenvalue weighted by atomic mass is 10.1. The second kappa shape index (κ2) is 7.59. The number of ether oxygens (including phenoxy) is 1. The molecule has 2 aromatic heterocycles. The molecule has 0 unspecified atom stereocenters. The Morgan fingerprint density at radius 1 is 1.22 bits per heavy atom. The van der Waals surface area contributed by atoms with Gasteiger partial charge in [-0.3, -0.25) is 10.1 Å². The molecule has 23 heavy (non-hydrogen) atoms. The third-order valence-electron chi connectivity index (χ3n) is 4.42. The van der Waals surface area contributed by atoms with Gasteiger partial charge in [-0.2, -0.15) is 5.10 Å². The smallest absolute Gasteiger partial charge is 0.128 e. The number of pyridine rings is 1. The highest BCUT2D eigenvalue weighted by Gasteiger charge is 2.12. The van der Waals surface area contributed by atoms with Crippen molar-refractivity contribution >= 4 is 0 Å². The first kappa shape index (κ1) is 17.5. The Balaban J connectivity index is 1.91. The van der Waals surface area contributed by atoms with E-state index in [0.717, 1.165) is 54.2 Å². The number of methoxy groups -OCH3 is 1. The Labute approximate surface area is 139 Å². The highest BCUT2D eigenvalue weighted by molar-refractivity contribution is 5.41. The molecule has 0 amide bonds. The topological polar surface area (TPSA) is 54.0 Å². The number of aryl methyl sites for hydroxylation is 3. The maximum absolute atomic E-state index is 5.49. The summed E-state index contributed by atoms with van der Waals surface area (Å²) in [6, 6.07) is 0. The highest BCUT2D eigenvalue weighted by atomic mass is 16.5. The van der Waals surface area contributed by atoms with Crippen LogP contribution in [0.25, 0.3) is 0 Å². The Morgan fingerprint density at radius 3 is 2.57 bits per heavy atom. The molecule has 0 aromatic carbocycles. The number of nitrogens with zero attached hydrogens (tertiary/aromatic N) is 3. The molecule has 0 saturated carbocycles. The predicted molar refractivity (Wildman–Crippen MR) is 93.0 cm³/mol. The van der Waals surface area contributed by atoms with Gasteiger partial charge in [-0.05, 0) is 59.7 Å². The van der Waals surface area contributed by atoms with Crippen LogP contribution in [0.4, 0.5) is 0 Å². The van der Waals surface area contributed by atoms with Crippen LogP contribution in [0, 0.1) is 27.7 Å². The van der Waals surface area contributed by atoms with Crippen LogP contribution in [-0.4, -0.2) is 40.8 Å². The lowest BCUT2D eigenvalue weighted by Gasteiger charge is -2.19. The van der Waals surface area contributed by atoms with Crippen LogP contribution in [-0.2, 0) is 13.0 Å². The quantitative estimate of drug-likeness (QED) is 0.853. The van der Waals surface area contributed by atoms with Crippen molar-refractivity contribution in [3.05, 3.63) is 40.0 Å². The summed E-state index contributed by atoms with van der Waals surface area (Å²) in [5.41, 5.74) is 6.97. The number of hydrogen-bond acceptors (Lipinski definition) is 4. The molecule has 126 valence electrons. The van der Waals surface area contributed by atoms with E-state index in [1.54, 1.807) is 7.11 Å². The number of aromatic amines is 1. The first-order valence-corrected chi connectivity index (χ1v) is 8.12. The fourth-order valence-corrected chi connectivity index (χ4v) is 3.03. The largest absolute Gasteiger partial charge is 0.496 e. The minimum absolute atomic E-state index is 0.839. The minimum atomic E-state index is 0.839. The summed E-state index contributed by atoms with van der Waals surface area (Å²) >= 11 is 0. The van der Waals surface area contributed by atoms with Crippen molar-refractivity contribution in [2.45, 2.75) is 47.1 Å². The fourth-order valence-electron chi connectivity index (χ4n) is 3.03. The van der Waals surface area contributed by atoms with Gasteiger partial charge in [-0.25, -0.2) is 0 Å². The first-order valence-electron chi connectivity index (χ1n) is 8.12. The molecule has 2 aromatic rings. The third kappa shape index (κ3) is 4.10. The number of H-pyrrole nitrogens is 1. The molecule has 0 bridgehead atoms. The lowest BCUT2D eigenvalue weighted by Crippen LogP contribution is -2.21. The summed E-state index contributed by atoms with van der Waals surface area (Å²) in [6.45, 7) is 10.1. The molecule has 5 heteroatoms. The molecule has 0 aliphatic rings. The van der Waals surface area contributed by atoms with Crippen molar-refractivity contribution in [1.82, 2.24) is 20.1 Å². The van der Waals surface area contributed by atoms with Gasteiger partial charge >= 0.3 is 0 Å². The maximum atomic E-state index is 5.49. The Hall–Kier alpha value is -1.88. The van der Waals surface area contributed by atoms with Crippen LogP contribution in [0.15, 0.2) is 6.20 Å². The molecule has 1 N–H and O–H groups in total. The van der Waals surface area contributed by atoms with Gasteiger partial charge in [0.25, 0.3) is 0 Å². The second-order valence-corrected chi connectivity index (χ2v) is 6.30. The molecule has 0 fully saturated rings. The predicted octanol–water partition coefficient (Wildman–Crippen LogP) is 3.11. The normalized spacial score (nSPS) is 11.3. The van der Waals surface area contributed by atoms with E-state index in [2.05, 4.69) is 47.9 Å². The number of nitrogens with one attached hydrogen (secondary N) is 1. The molecule has 0 aliphatic carbocycles. The highest BCUT2D eigenvalue weighted by Crippen LogP contribution is 2.24. The summed E-state index contributed by atoms with van der Waals surface area (Å²) in [4.78, 5) is 6.89. The second-order valence-electron chi connectivity index (χ2n) is 6.30. The molecule has 0 radical (unpaired) electrons. The average molecular weight is 316 g/mol. The number of hydrogen-bond donors (Lipinski definition) is 1. The molecular weight excluding hydrogens is 288 g/mol. The zero-order valence-electron chi connectivity index (χ0n) is 15.2. The lowest BCUT2D eigenvalue weighted by molar-refractivity contribution is 0.316. The van der Waals surface area contributed by atoms with E-state index in [9.17, 15) is 0 Å². The van der Waals surface area contributed by atoms with Crippen LogP contribution in [0.3, 0.4) is 0 Å². The molecule has 0 atom stereocenters. The fraction of sp³-hybridized carbons (Fsp3) is 0.556. The summed E-state index contributed by atoms with van der Waals surface area (Å²) in [7, 11) is 3.86. The van der Waals surface area contributed by atoms with E-state index in [-0.39, 0.29) is 0 Å². The summed E-state index contributed by atoms with van der Waals surface area (Å²) in [5.74, 6) is 0.952. The van der Waals surface area contributed by atoms with Crippen molar-refractivity contribution in [2.75, 3.05) is 20.7 Å². The van der Waals surface area contributed by atoms with Crippen LogP contribution in [0.2, 0.25) is 0 Å². The SMILES string of the molecule is COc1c(C)cnc(CN(C)CCCc2c(C)n[nH]c2C)c1C. The number of rotatable bonds is 7. The zero-order valence-corrected chi connectivity index (χ0v) is 15.2. The molecule has 2 heterocycles. The molecule has 0 spiro atoms. The van der Waals surface area contributed by atoms with Crippen molar-refractivity contribution in [3.8, 4) is 5.75 Å². The molecular formula is C18H28N4O. The standard InChI is InChI=1S/C18H28N4O/c1-12-10-19-17(13(2)18(12)23-6)11-22(5)9-7-8-16-14(3)20-21-15(16)4/h10H,7-9,11H2,1-6H3,(H,20,21). The van der Waals surface area contributed by atoms with Crippen molar-refractivity contribution in [2.24, 2.45) is 0 Å². The minimum Gasteiger partial charge on any atom is -0.496 e. The molecule has 5 nitrogen and oxygen atoms in total. The van der Waals surface area contributed by atoms with Crippen LogP contribution in [0.1, 0.15) is 40.2 Å². The van der Waals surface area contributed by atoms with Gasteiger partial charge in [0.2, 0.25) is 0 Å². The van der Waals surface area contributed by atoms with Gasteiger partial charge in [0.05, 0.1) is 18.5 Å². The molecule has 0 aliphatic heterocycles. The Bertz CT molecular complexity index is 644. The van der Waals surface area contributed by atoms with Crippen molar-refractivity contribution in [3.63, 3.8) is 0 Å². The first-order chi connectivity index (χ1) is 10.9. The van der Waals surface area contributed by atoms with Gasteiger partial charge in [0.1, 0.15) is 5.75 Å². The summed E-state index contributed by atoms with van der Waals surface area (Å²) in [5, 5.41) is 7.31. The number of aromatic nitrogens is 3. The van der Waals surface area contributed by atoms with E-state index in [1.807, 2.05) is 13.1 Å². The van der Waals surface area contributed by atoms with Crippen LogP contribution >= 0.6 is 0 Å². The van der Waals surface area contributed by atoms with Crippen molar-refractivity contribution in [1.29, 1.82) is 0 Å². The van der Waals surface area contributed by atoms with Crippen molar-refractivity contribution < 1.29 is 4.74 Å². The Morgan fingerprint density at radius 2 is 1.96 bits per heavy atom. The van der Waals surface area contributed by atoms with Gasteiger partial charge in [-0.1, -0.05) is 0 Å². The summed E-state index contributed by atoms with van der Waals surface area (Å²) in [6.07, 6.45) is 4.06. The Kier molecular flexibility index (Phi) is 5.77. The van der Waals surface area contributed by atoms with E-state index < -0.39 is 0 Å². The van der Waals surface area contributed by atoms with E-state index in [4.69, 9.17) is 4.74 Å². The van der Waals surface area contributed by atoms with Gasteiger partial charge in [0, 0.05) is 29.6 Å². The summed E-state index contributed by atoms with van der Waals surface area (Å²) < 4.78 is 5.49. The average Bonchev–Trinajstić information content (AvgIpc) is 2.82. The maximum Gasteiger partial charge on any atom is 0.128 e. The van der Waals surface area contributed by atoms with Gasteiger partial charge in [0.15, 0.2) is 0 Å². The van der Waals surface area contributed by atoms with E-state index in [0.29, 0.717) is 0 Å². The van der Waals surface area contributed by atoms with Gasteiger partial charge < -0.3 is 9.64 Å². The monoisotopic (exact) mass is 316 g/mol. The van der Waals surface area contributed by atoms with Crippen LogP contribution < -0.4 is 4.74 Å². The zero-order chi connectivity index (χ0) is 17.0. The van der Waals surface area contributed by atoms with Gasteiger partial charge in [-0.15, -0.1) is 0 Å².